The van der Waals surface area contributed by atoms with Crippen molar-refractivity contribution in [3.05, 3.63) is 23.8 Å². The predicted molar refractivity (Wildman–Crippen MR) is 68.7 cm³/mol. The van der Waals surface area contributed by atoms with Crippen LogP contribution in [-0.4, -0.2) is 34.1 Å². The van der Waals surface area contributed by atoms with Crippen molar-refractivity contribution in [3.63, 3.8) is 0 Å². The van der Waals surface area contributed by atoms with Crippen LogP contribution in [0.15, 0.2) is 18.2 Å². The number of nitrogens with zero attached hydrogens (tertiary/aromatic N) is 1. The van der Waals surface area contributed by atoms with E-state index >= 15 is 0 Å². The summed E-state index contributed by atoms with van der Waals surface area (Å²) in [6.07, 6.45) is 2.10. The number of phenols is 2. The Morgan fingerprint density at radius 2 is 1.83 bits per heavy atom. The lowest BCUT2D eigenvalue weighted by molar-refractivity contribution is 0.0582. The van der Waals surface area contributed by atoms with Crippen molar-refractivity contribution in [2.75, 3.05) is 13.1 Å². The fourth-order valence-corrected chi connectivity index (χ4v) is 2.50. The molecule has 1 aromatic rings. The molecule has 0 saturated carbocycles. The summed E-state index contributed by atoms with van der Waals surface area (Å²) in [5, 5.41) is 18.8. The molecule has 1 aliphatic heterocycles. The molecule has 2 N–H and O–H groups in total. The first-order valence-electron chi connectivity index (χ1n) is 6.20. The Morgan fingerprint density at radius 1 is 1.22 bits per heavy atom. The van der Waals surface area contributed by atoms with Gasteiger partial charge in [0.15, 0.2) is 0 Å². The smallest absolute Gasteiger partial charge is 0.254 e. The third kappa shape index (κ3) is 2.75. The molecule has 1 saturated heterocycles. The summed E-state index contributed by atoms with van der Waals surface area (Å²) < 4.78 is 0. The van der Waals surface area contributed by atoms with E-state index in [1.807, 2.05) is 0 Å². The van der Waals surface area contributed by atoms with Crippen molar-refractivity contribution >= 4 is 5.91 Å². The molecule has 1 amide bonds. The van der Waals surface area contributed by atoms with E-state index in [1.54, 1.807) is 4.90 Å². The molecule has 0 radical (unpaired) electrons. The zero-order chi connectivity index (χ0) is 13.3. The first kappa shape index (κ1) is 12.7. The number of benzene rings is 1. The number of hydrogen-bond acceptors (Lipinski definition) is 3. The van der Waals surface area contributed by atoms with Gasteiger partial charge in [-0.05, 0) is 30.4 Å². The first-order chi connectivity index (χ1) is 8.37. The Bertz CT molecular complexity index is 448. The average molecular weight is 249 g/mol. The summed E-state index contributed by atoms with van der Waals surface area (Å²) in [6, 6.07) is 4.00. The fourth-order valence-electron chi connectivity index (χ4n) is 2.50. The molecule has 0 atom stereocenters. The Morgan fingerprint density at radius 3 is 2.39 bits per heavy atom. The number of carbonyl (C=O) groups is 1. The Kier molecular flexibility index (Phi) is 3.20. The summed E-state index contributed by atoms with van der Waals surface area (Å²) >= 11 is 0. The normalized spacial score (nSPS) is 18.7. The quantitative estimate of drug-likeness (QED) is 0.803. The standard InChI is InChI=1S/C14H19NO3/c1-14(2)4-3-5-15(9-14)13(18)10-6-11(16)8-12(17)7-10/h6-8,16-17H,3-5,9H2,1-2H3. The van der Waals surface area contributed by atoms with Gasteiger partial charge in [0.25, 0.3) is 5.91 Å². The minimum atomic E-state index is -0.131. The van der Waals surface area contributed by atoms with Gasteiger partial charge in [0.05, 0.1) is 0 Å². The van der Waals surface area contributed by atoms with Crippen LogP contribution in [0.3, 0.4) is 0 Å². The minimum Gasteiger partial charge on any atom is -0.508 e. The molecule has 98 valence electrons. The monoisotopic (exact) mass is 249 g/mol. The second kappa shape index (κ2) is 4.52. The van der Waals surface area contributed by atoms with Crippen molar-refractivity contribution in [3.8, 4) is 11.5 Å². The van der Waals surface area contributed by atoms with Gasteiger partial charge in [0.2, 0.25) is 0 Å². The second-order valence-electron chi connectivity index (χ2n) is 5.73. The molecule has 0 aliphatic carbocycles. The highest BCUT2D eigenvalue weighted by Crippen LogP contribution is 2.30. The van der Waals surface area contributed by atoms with Crippen molar-refractivity contribution in [1.29, 1.82) is 0 Å². The van der Waals surface area contributed by atoms with Gasteiger partial charge in [-0.15, -0.1) is 0 Å². The van der Waals surface area contributed by atoms with E-state index in [1.165, 1.54) is 18.2 Å². The molecule has 4 nitrogen and oxygen atoms in total. The summed E-state index contributed by atoms with van der Waals surface area (Å²) in [5.74, 6) is -0.307. The van der Waals surface area contributed by atoms with Crippen LogP contribution in [0.4, 0.5) is 0 Å². The maximum atomic E-state index is 12.3. The molecule has 1 aliphatic rings. The molecule has 0 spiro atoms. The van der Waals surface area contributed by atoms with Gasteiger partial charge in [-0.1, -0.05) is 13.8 Å². The fraction of sp³-hybridized carbons (Fsp3) is 0.500. The van der Waals surface area contributed by atoms with E-state index < -0.39 is 0 Å². The maximum absolute atomic E-state index is 12.3. The van der Waals surface area contributed by atoms with Crippen LogP contribution in [0, 0.1) is 5.41 Å². The van der Waals surface area contributed by atoms with Crippen LogP contribution < -0.4 is 0 Å². The zero-order valence-electron chi connectivity index (χ0n) is 10.8. The molecule has 0 unspecified atom stereocenters. The van der Waals surface area contributed by atoms with E-state index in [-0.39, 0.29) is 22.8 Å². The molecule has 4 heteroatoms. The Balaban J connectivity index is 2.20. The molecule has 0 bridgehead atoms. The molecule has 0 aromatic heterocycles. The summed E-state index contributed by atoms with van der Waals surface area (Å²) in [6.45, 7) is 5.74. The molecular weight excluding hydrogens is 230 g/mol. The zero-order valence-corrected chi connectivity index (χ0v) is 10.8. The molecule has 1 aromatic carbocycles. The van der Waals surface area contributed by atoms with Gasteiger partial charge >= 0.3 is 0 Å². The Labute approximate surface area is 107 Å². The SMILES string of the molecule is CC1(C)CCCN(C(=O)c2cc(O)cc(O)c2)C1. The third-order valence-electron chi connectivity index (χ3n) is 3.34. The maximum Gasteiger partial charge on any atom is 0.254 e. The summed E-state index contributed by atoms with van der Waals surface area (Å²) in [5.41, 5.74) is 0.470. The van der Waals surface area contributed by atoms with Gasteiger partial charge in [0, 0.05) is 24.7 Å². The van der Waals surface area contributed by atoms with Crippen LogP contribution in [-0.2, 0) is 0 Å². The lowest BCUT2D eigenvalue weighted by Gasteiger charge is -2.38. The Hall–Kier alpha value is -1.71. The van der Waals surface area contributed by atoms with Crippen molar-refractivity contribution in [2.24, 2.45) is 5.41 Å². The highest BCUT2D eigenvalue weighted by Gasteiger charge is 2.29. The van der Waals surface area contributed by atoms with E-state index in [9.17, 15) is 15.0 Å². The number of piperidine rings is 1. The van der Waals surface area contributed by atoms with Gasteiger partial charge in [-0.3, -0.25) is 4.79 Å². The van der Waals surface area contributed by atoms with Crippen LogP contribution in [0.5, 0.6) is 11.5 Å². The average Bonchev–Trinajstić information content (AvgIpc) is 2.25. The van der Waals surface area contributed by atoms with Gasteiger partial charge < -0.3 is 15.1 Å². The number of carbonyl (C=O) groups excluding carboxylic acids is 1. The first-order valence-corrected chi connectivity index (χ1v) is 6.20. The van der Waals surface area contributed by atoms with E-state index in [0.29, 0.717) is 12.1 Å². The highest BCUT2D eigenvalue weighted by atomic mass is 16.3. The van der Waals surface area contributed by atoms with Crippen molar-refractivity contribution in [2.45, 2.75) is 26.7 Å². The predicted octanol–water partition coefficient (Wildman–Crippen LogP) is 2.36. The van der Waals surface area contributed by atoms with Crippen LogP contribution >= 0.6 is 0 Å². The molecule has 2 rings (SSSR count). The molecule has 1 heterocycles. The van der Waals surface area contributed by atoms with E-state index in [0.717, 1.165) is 19.4 Å². The van der Waals surface area contributed by atoms with Crippen LogP contribution in [0.1, 0.15) is 37.0 Å². The lowest BCUT2D eigenvalue weighted by Crippen LogP contribution is -2.43. The minimum absolute atomic E-state index is 0.0883. The van der Waals surface area contributed by atoms with Crippen molar-refractivity contribution < 1.29 is 15.0 Å². The second-order valence-corrected chi connectivity index (χ2v) is 5.73. The molecule has 18 heavy (non-hydrogen) atoms. The summed E-state index contributed by atoms with van der Waals surface area (Å²) in [4.78, 5) is 14.1. The lowest BCUT2D eigenvalue weighted by atomic mass is 9.84. The number of phenolic OH excluding ortho intramolecular Hbond substituents is 2. The van der Waals surface area contributed by atoms with Gasteiger partial charge in [0.1, 0.15) is 11.5 Å². The topological polar surface area (TPSA) is 60.8 Å². The summed E-state index contributed by atoms with van der Waals surface area (Å²) in [7, 11) is 0. The number of rotatable bonds is 1. The largest absolute Gasteiger partial charge is 0.508 e. The number of amides is 1. The van der Waals surface area contributed by atoms with Crippen LogP contribution in [0.2, 0.25) is 0 Å². The van der Waals surface area contributed by atoms with Gasteiger partial charge in [-0.25, -0.2) is 0 Å². The van der Waals surface area contributed by atoms with Crippen LogP contribution in [0.25, 0.3) is 0 Å². The van der Waals surface area contributed by atoms with Crippen molar-refractivity contribution in [1.82, 2.24) is 4.90 Å². The highest BCUT2D eigenvalue weighted by molar-refractivity contribution is 5.95. The van der Waals surface area contributed by atoms with Gasteiger partial charge in [-0.2, -0.15) is 0 Å². The third-order valence-corrected chi connectivity index (χ3v) is 3.34. The van der Waals surface area contributed by atoms with E-state index in [4.69, 9.17) is 0 Å². The number of aromatic hydroxyl groups is 2. The van der Waals surface area contributed by atoms with E-state index in [2.05, 4.69) is 13.8 Å². The molecular formula is C14H19NO3. The number of likely N-dealkylation sites (tertiary alicyclic amines) is 1. The number of hydrogen-bond donors (Lipinski definition) is 2. The molecule has 1 fully saturated rings.